The maximum Gasteiger partial charge on any atom is 0.387 e. The number of halogens is 3. The number of amides is 1. The van der Waals surface area contributed by atoms with Gasteiger partial charge in [-0.25, -0.2) is 0 Å². The smallest absolute Gasteiger partial charge is 0.387 e. The second kappa shape index (κ2) is 7.74. The van der Waals surface area contributed by atoms with E-state index in [-0.39, 0.29) is 24.1 Å². The highest BCUT2D eigenvalue weighted by Gasteiger charge is 2.37. The fourth-order valence-electron chi connectivity index (χ4n) is 2.50. The molecule has 1 aromatic rings. The molecule has 1 aliphatic heterocycles. The summed E-state index contributed by atoms with van der Waals surface area (Å²) >= 11 is 0. The summed E-state index contributed by atoms with van der Waals surface area (Å²) in [5.74, 6) is 0.0156. The van der Waals surface area contributed by atoms with Crippen molar-refractivity contribution in [1.82, 2.24) is 10.6 Å². The molecule has 1 heterocycles. The zero-order valence-corrected chi connectivity index (χ0v) is 13.4. The Morgan fingerprint density at radius 3 is 2.68 bits per heavy atom. The molecule has 7 heteroatoms. The Hall–Kier alpha value is -1.40. The number of para-hydroxylation sites is 1. The molecule has 1 amide bonds. The van der Waals surface area contributed by atoms with Crippen molar-refractivity contribution in [3.63, 3.8) is 0 Å². The van der Waals surface area contributed by atoms with Crippen molar-refractivity contribution >= 4 is 18.3 Å². The largest absolute Gasteiger partial charge is 0.434 e. The molecule has 0 saturated carbocycles. The maximum atomic E-state index is 12.4. The van der Waals surface area contributed by atoms with Crippen molar-refractivity contribution in [2.45, 2.75) is 32.9 Å². The lowest BCUT2D eigenvalue weighted by atomic mass is 9.88. The number of carbonyl (C=O) groups excluding carboxylic acids is 1. The zero-order valence-electron chi connectivity index (χ0n) is 12.6. The van der Waals surface area contributed by atoms with Gasteiger partial charge in [0.05, 0.1) is 11.5 Å². The van der Waals surface area contributed by atoms with Gasteiger partial charge in [0, 0.05) is 12.1 Å². The Morgan fingerprint density at radius 1 is 1.41 bits per heavy atom. The predicted molar refractivity (Wildman–Crippen MR) is 82.5 cm³/mol. The summed E-state index contributed by atoms with van der Waals surface area (Å²) in [5.41, 5.74) is 0.0907. The number of rotatable bonds is 5. The van der Waals surface area contributed by atoms with E-state index < -0.39 is 18.1 Å². The number of carbonyl (C=O) groups is 1. The fourth-order valence-corrected chi connectivity index (χ4v) is 2.50. The van der Waals surface area contributed by atoms with Gasteiger partial charge in [-0.15, -0.1) is 12.4 Å². The first kappa shape index (κ1) is 18.6. The maximum absolute atomic E-state index is 12.4. The zero-order chi connectivity index (χ0) is 15.5. The van der Waals surface area contributed by atoms with Gasteiger partial charge < -0.3 is 15.4 Å². The molecule has 124 valence electrons. The quantitative estimate of drug-likeness (QED) is 0.870. The van der Waals surface area contributed by atoms with Gasteiger partial charge in [0.2, 0.25) is 5.91 Å². The van der Waals surface area contributed by atoms with Crippen molar-refractivity contribution in [3.05, 3.63) is 29.8 Å². The lowest BCUT2D eigenvalue weighted by Gasteiger charge is -2.25. The molecule has 0 aliphatic carbocycles. The number of ether oxygens (including phenoxy) is 1. The lowest BCUT2D eigenvalue weighted by molar-refractivity contribution is -0.129. The first-order chi connectivity index (χ1) is 9.92. The summed E-state index contributed by atoms with van der Waals surface area (Å²) < 4.78 is 29.3. The van der Waals surface area contributed by atoms with E-state index in [0.29, 0.717) is 12.1 Å². The fraction of sp³-hybridized carbons (Fsp3) is 0.533. The summed E-state index contributed by atoms with van der Waals surface area (Å²) in [7, 11) is 0. The molecule has 0 radical (unpaired) electrons. The molecule has 0 spiro atoms. The Kier molecular flexibility index (Phi) is 6.56. The molecule has 1 saturated heterocycles. The highest BCUT2D eigenvalue weighted by molar-refractivity contribution is 5.85. The molecule has 1 aromatic carbocycles. The first-order valence-corrected chi connectivity index (χ1v) is 6.98. The van der Waals surface area contributed by atoms with E-state index in [1.807, 2.05) is 6.92 Å². The molecule has 1 aliphatic rings. The van der Waals surface area contributed by atoms with Gasteiger partial charge in [0.15, 0.2) is 0 Å². The van der Waals surface area contributed by atoms with Crippen LogP contribution in [0.25, 0.3) is 0 Å². The number of nitrogens with one attached hydrogen (secondary N) is 2. The number of hydrogen-bond donors (Lipinski definition) is 2. The van der Waals surface area contributed by atoms with E-state index in [4.69, 9.17) is 0 Å². The summed E-state index contributed by atoms with van der Waals surface area (Å²) in [6.45, 7) is 2.21. The van der Waals surface area contributed by atoms with Gasteiger partial charge in [-0.2, -0.15) is 8.78 Å². The van der Waals surface area contributed by atoms with Gasteiger partial charge >= 0.3 is 6.61 Å². The average Bonchev–Trinajstić information content (AvgIpc) is 2.87. The van der Waals surface area contributed by atoms with Crippen LogP contribution in [-0.2, 0) is 4.79 Å². The Morgan fingerprint density at radius 2 is 2.09 bits per heavy atom. The second-order valence-electron chi connectivity index (χ2n) is 5.60. The normalized spacial score (nSPS) is 22.0. The minimum Gasteiger partial charge on any atom is -0.434 e. The van der Waals surface area contributed by atoms with E-state index in [1.54, 1.807) is 25.1 Å². The van der Waals surface area contributed by atoms with Gasteiger partial charge in [0.1, 0.15) is 5.75 Å². The number of hydrogen-bond acceptors (Lipinski definition) is 3. The minimum atomic E-state index is -2.88. The molecular formula is C15H21ClF2N2O2. The van der Waals surface area contributed by atoms with Crippen molar-refractivity contribution in [3.8, 4) is 5.75 Å². The summed E-state index contributed by atoms with van der Waals surface area (Å²) in [5, 5.41) is 6.05. The summed E-state index contributed by atoms with van der Waals surface area (Å²) in [4.78, 5) is 12.3. The molecule has 1 fully saturated rings. The third-order valence-corrected chi connectivity index (χ3v) is 3.87. The third-order valence-electron chi connectivity index (χ3n) is 3.87. The summed E-state index contributed by atoms with van der Waals surface area (Å²) in [6.07, 6.45) is 0.765. The number of alkyl halides is 2. The summed E-state index contributed by atoms with van der Waals surface area (Å²) in [6, 6.07) is 6.11. The van der Waals surface area contributed by atoms with Crippen LogP contribution in [0, 0.1) is 5.41 Å². The Bertz CT molecular complexity index is 508. The SMILES string of the molecule is CC(NC(=O)C1(C)CCNC1)c1ccccc1OC(F)F.Cl. The average molecular weight is 335 g/mol. The molecule has 22 heavy (non-hydrogen) atoms. The molecule has 2 N–H and O–H groups in total. The monoisotopic (exact) mass is 334 g/mol. The highest BCUT2D eigenvalue weighted by Crippen LogP contribution is 2.29. The van der Waals surface area contributed by atoms with Crippen LogP contribution in [0.3, 0.4) is 0 Å². The second-order valence-corrected chi connectivity index (χ2v) is 5.60. The van der Waals surface area contributed by atoms with Crippen molar-refractivity contribution in [1.29, 1.82) is 0 Å². The van der Waals surface area contributed by atoms with Gasteiger partial charge in [-0.3, -0.25) is 4.79 Å². The van der Waals surface area contributed by atoms with Gasteiger partial charge in [0.25, 0.3) is 0 Å². The van der Waals surface area contributed by atoms with E-state index in [9.17, 15) is 13.6 Å². The number of benzene rings is 1. The highest BCUT2D eigenvalue weighted by atomic mass is 35.5. The van der Waals surface area contributed by atoms with E-state index in [1.165, 1.54) is 6.07 Å². The lowest BCUT2D eigenvalue weighted by Crippen LogP contribution is -2.41. The van der Waals surface area contributed by atoms with E-state index in [0.717, 1.165) is 13.0 Å². The Balaban J connectivity index is 0.00000242. The van der Waals surface area contributed by atoms with Crippen LogP contribution < -0.4 is 15.4 Å². The minimum absolute atomic E-state index is 0. The van der Waals surface area contributed by atoms with Crippen molar-refractivity contribution in [2.75, 3.05) is 13.1 Å². The van der Waals surface area contributed by atoms with Crippen LogP contribution in [0.15, 0.2) is 24.3 Å². The van der Waals surface area contributed by atoms with Gasteiger partial charge in [-0.1, -0.05) is 18.2 Å². The van der Waals surface area contributed by atoms with Crippen LogP contribution in [0.4, 0.5) is 8.78 Å². The van der Waals surface area contributed by atoms with Crippen LogP contribution in [0.1, 0.15) is 31.9 Å². The third kappa shape index (κ3) is 4.30. The first-order valence-electron chi connectivity index (χ1n) is 6.98. The van der Waals surface area contributed by atoms with Crippen LogP contribution in [0.5, 0.6) is 5.75 Å². The molecule has 2 atom stereocenters. The van der Waals surface area contributed by atoms with Crippen LogP contribution >= 0.6 is 12.4 Å². The molecule has 2 rings (SSSR count). The molecular weight excluding hydrogens is 314 g/mol. The van der Waals surface area contributed by atoms with Crippen molar-refractivity contribution < 1.29 is 18.3 Å². The molecule has 4 nitrogen and oxygen atoms in total. The Labute approximate surface area is 135 Å². The van der Waals surface area contributed by atoms with Crippen LogP contribution in [-0.4, -0.2) is 25.6 Å². The molecule has 2 unspecified atom stereocenters. The van der Waals surface area contributed by atoms with E-state index in [2.05, 4.69) is 15.4 Å². The van der Waals surface area contributed by atoms with Crippen LogP contribution in [0.2, 0.25) is 0 Å². The molecule has 0 bridgehead atoms. The predicted octanol–water partition coefficient (Wildman–Crippen LogP) is 2.89. The molecule has 0 aromatic heterocycles. The standard InChI is InChI=1S/C15H20F2N2O2.ClH/c1-10(19-13(20)15(2)7-8-18-9-15)11-5-3-4-6-12(11)21-14(16)17;/h3-6,10,14,18H,7-9H2,1-2H3,(H,19,20);1H. The van der Waals surface area contributed by atoms with Gasteiger partial charge in [-0.05, 0) is 32.9 Å². The topological polar surface area (TPSA) is 50.4 Å². The van der Waals surface area contributed by atoms with Crippen molar-refractivity contribution in [2.24, 2.45) is 5.41 Å². The van der Waals surface area contributed by atoms with E-state index >= 15 is 0 Å².